The first-order chi connectivity index (χ1) is 21.6. The Hall–Kier alpha value is -4.76. The maximum absolute atomic E-state index is 13.7. The van der Waals surface area contributed by atoms with Crippen molar-refractivity contribution in [2.24, 2.45) is 11.8 Å². The van der Waals surface area contributed by atoms with Crippen molar-refractivity contribution in [3.05, 3.63) is 214 Å². The van der Waals surface area contributed by atoms with Gasteiger partial charge in [0, 0.05) is 23.7 Å². The molecule has 2 nitrogen and oxygen atoms in total. The molecule has 214 valence electrons. The van der Waals surface area contributed by atoms with Crippen LogP contribution >= 0.6 is 0 Å². The molecule has 0 radical (unpaired) electrons. The van der Waals surface area contributed by atoms with Crippen molar-refractivity contribution < 1.29 is 10.2 Å². The maximum Gasteiger partial charge on any atom is 0.119 e. The van der Waals surface area contributed by atoms with Gasteiger partial charge in [-0.25, -0.2) is 0 Å². The molecule has 0 aromatic heterocycles. The van der Waals surface area contributed by atoms with E-state index in [1.54, 1.807) is 0 Å². The second kappa shape index (κ2) is 10.4. The van der Waals surface area contributed by atoms with Crippen molar-refractivity contribution in [2.45, 2.75) is 23.0 Å². The average Bonchev–Trinajstić information content (AvgIpc) is 3.12. The van der Waals surface area contributed by atoms with Crippen molar-refractivity contribution in [1.29, 1.82) is 0 Å². The summed E-state index contributed by atoms with van der Waals surface area (Å²) in [6.45, 7) is 0. The van der Waals surface area contributed by atoms with Gasteiger partial charge in [-0.1, -0.05) is 170 Å². The van der Waals surface area contributed by atoms with Crippen LogP contribution in [-0.2, 0) is 11.2 Å². The largest absolute Gasteiger partial charge is 0.380 e. The Morgan fingerprint density at radius 1 is 0.295 bits per heavy atom. The zero-order chi connectivity index (χ0) is 29.7. The molecule has 0 spiro atoms. The monoisotopic (exact) mass is 570 g/mol. The van der Waals surface area contributed by atoms with Crippen LogP contribution in [0.1, 0.15) is 56.3 Å². The second-order valence-electron chi connectivity index (χ2n) is 12.3. The lowest BCUT2D eigenvalue weighted by molar-refractivity contribution is -0.105. The van der Waals surface area contributed by atoms with E-state index in [0.717, 1.165) is 22.3 Å². The van der Waals surface area contributed by atoms with E-state index >= 15 is 0 Å². The van der Waals surface area contributed by atoms with E-state index in [1.807, 2.05) is 121 Å². The van der Waals surface area contributed by atoms with Gasteiger partial charge in [0.2, 0.25) is 0 Å². The molecule has 2 atom stereocenters. The van der Waals surface area contributed by atoms with E-state index < -0.39 is 23.0 Å². The quantitative estimate of drug-likeness (QED) is 0.211. The van der Waals surface area contributed by atoms with Gasteiger partial charge in [-0.05, 0) is 44.5 Å². The highest BCUT2D eigenvalue weighted by atomic mass is 16.3. The molecule has 0 fully saturated rings. The van der Waals surface area contributed by atoms with Gasteiger partial charge in [-0.2, -0.15) is 0 Å². The predicted octanol–water partition coefficient (Wildman–Crippen LogP) is 8.38. The first-order valence-electron chi connectivity index (χ1n) is 15.5. The first kappa shape index (κ1) is 26.8. The average molecular weight is 571 g/mol. The van der Waals surface area contributed by atoms with Crippen molar-refractivity contribution in [3.63, 3.8) is 0 Å². The van der Waals surface area contributed by atoms with Crippen molar-refractivity contribution >= 4 is 0 Å². The fraction of sp³-hybridized carbons (Fsp3) is 0.143. The molecule has 2 N–H and O–H groups in total. The Balaban J connectivity index is 1.53. The molecule has 9 rings (SSSR count). The van der Waals surface area contributed by atoms with E-state index in [2.05, 4.69) is 48.5 Å². The summed E-state index contributed by atoms with van der Waals surface area (Å²) >= 11 is 0. The summed E-state index contributed by atoms with van der Waals surface area (Å²) < 4.78 is 0. The molecule has 44 heavy (non-hydrogen) atoms. The van der Waals surface area contributed by atoms with Crippen molar-refractivity contribution in [1.82, 2.24) is 0 Å². The molecule has 0 heterocycles. The summed E-state index contributed by atoms with van der Waals surface area (Å²) in [5, 5.41) is 27.3. The van der Waals surface area contributed by atoms with E-state index in [1.165, 1.54) is 22.3 Å². The third-order valence-electron chi connectivity index (χ3n) is 10.3. The minimum Gasteiger partial charge on any atom is -0.380 e. The molecule has 0 saturated heterocycles. The van der Waals surface area contributed by atoms with Gasteiger partial charge in [-0.3, -0.25) is 0 Å². The molecule has 0 amide bonds. The molecule has 0 aliphatic heterocycles. The van der Waals surface area contributed by atoms with Gasteiger partial charge < -0.3 is 10.2 Å². The Morgan fingerprint density at radius 3 is 0.727 bits per heavy atom. The Bertz CT molecular complexity index is 1630. The summed E-state index contributed by atoms with van der Waals surface area (Å²) in [7, 11) is 0. The van der Waals surface area contributed by atoms with E-state index in [9.17, 15) is 10.2 Å². The summed E-state index contributed by atoms with van der Waals surface area (Å²) in [5.74, 6) is -1.18. The number of hydrogen-bond acceptors (Lipinski definition) is 2. The molecular weight excluding hydrogens is 536 g/mol. The predicted molar refractivity (Wildman–Crippen MR) is 175 cm³/mol. The Labute approximate surface area is 258 Å². The van der Waals surface area contributed by atoms with Gasteiger partial charge >= 0.3 is 0 Å². The van der Waals surface area contributed by atoms with Crippen LogP contribution in [0.4, 0.5) is 0 Å². The lowest BCUT2D eigenvalue weighted by atomic mass is 9.45. The fourth-order valence-corrected chi connectivity index (χ4v) is 8.55. The highest BCUT2D eigenvalue weighted by Crippen LogP contribution is 2.67. The molecule has 2 bridgehead atoms. The van der Waals surface area contributed by atoms with Crippen LogP contribution in [0, 0.1) is 11.8 Å². The fourth-order valence-electron chi connectivity index (χ4n) is 8.55. The van der Waals surface area contributed by atoms with Crippen LogP contribution in [0.3, 0.4) is 0 Å². The number of benzene rings is 6. The summed E-state index contributed by atoms with van der Waals surface area (Å²) in [4.78, 5) is 0. The van der Waals surface area contributed by atoms with Gasteiger partial charge in [0.25, 0.3) is 0 Å². The van der Waals surface area contributed by atoms with Gasteiger partial charge in [0.05, 0.1) is 0 Å². The Kier molecular flexibility index (Phi) is 6.37. The van der Waals surface area contributed by atoms with Crippen LogP contribution < -0.4 is 0 Å². The minimum atomic E-state index is -1.42. The highest BCUT2D eigenvalue weighted by molar-refractivity contribution is 5.60. The SMILES string of the molecule is OC(c1ccccc1)(c1ccccc1)[C@H]1C2c3ccccc3C(c3ccccc32)[C@@H]1C(O)(c1ccccc1)c1ccccc1. The van der Waals surface area contributed by atoms with Crippen molar-refractivity contribution in [2.75, 3.05) is 0 Å². The molecule has 0 saturated carbocycles. The maximum atomic E-state index is 13.7. The molecule has 0 unspecified atom stereocenters. The number of aliphatic hydroxyl groups is 2. The summed E-state index contributed by atoms with van der Waals surface area (Å²) in [5.41, 5.74) is 5.37. The number of hydrogen-bond donors (Lipinski definition) is 2. The van der Waals surface area contributed by atoms with Crippen LogP contribution in [0.15, 0.2) is 170 Å². The smallest absolute Gasteiger partial charge is 0.119 e. The Morgan fingerprint density at radius 2 is 0.500 bits per heavy atom. The van der Waals surface area contributed by atoms with Crippen LogP contribution in [-0.4, -0.2) is 10.2 Å². The third kappa shape index (κ3) is 3.81. The van der Waals surface area contributed by atoms with Crippen LogP contribution in [0.2, 0.25) is 0 Å². The molecule has 3 aliphatic carbocycles. The second-order valence-corrected chi connectivity index (χ2v) is 12.3. The number of fused-ring (bicyclic) bond motifs is 1. The molecule has 3 aliphatic rings. The van der Waals surface area contributed by atoms with Crippen LogP contribution in [0.5, 0.6) is 0 Å². The van der Waals surface area contributed by atoms with E-state index in [-0.39, 0.29) is 11.8 Å². The van der Waals surface area contributed by atoms with Crippen molar-refractivity contribution in [3.8, 4) is 0 Å². The highest BCUT2D eigenvalue weighted by Gasteiger charge is 2.63. The zero-order valence-corrected chi connectivity index (χ0v) is 24.4. The van der Waals surface area contributed by atoms with Gasteiger partial charge in [0.15, 0.2) is 0 Å². The molecule has 6 aromatic carbocycles. The summed E-state index contributed by atoms with van der Waals surface area (Å²) in [6.07, 6.45) is 0. The molecule has 2 heteroatoms. The van der Waals surface area contributed by atoms with Gasteiger partial charge in [-0.15, -0.1) is 0 Å². The zero-order valence-electron chi connectivity index (χ0n) is 24.4. The van der Waals surface area contributed by atoms with Crippen LogP contribution in [0.25, 0.3) is 0 Å². The summed E-state index contributed by atoms with van der Waals surface area (Å²) in [6, 6.07) is 57.6. The van der Waals surface area contributed by atoms with E-state index in [0.29, 0.717) is 0 Å². The molecule has 6 aromatic rings. The first-order valence-corrected chi connectivity index (χ1v) is 15.5. The normalized spacial score (nSPS) is 20.5. The number of rotatable bonds is 6. The van der Waals surface area contributed by atoms with Gasteiger partial charge in [0.1, 0.15) is 11.2 Å². The lowest BCUT2D eigenvalue weighted by Crippen LogP contribution is -2.58. The van der Waals surface area contributed by atoms with E-state index in [4.69, 9.17) is 0 Å². The minimum absolute atomic E-state index is 0.165. The lowest BCUT2D eigenvalue weighted by Gasteiger charge is -2.60. The topological polar surface area (TPSA) is 40.5 Å². The molecular formula is C42H34O2. The standard InChI is InChI=1S/C42H34O2/c43-41(29-17-5-1-6-18-29,30-19-7-2-8-20-30)39-37-33-25-13-15-27-35(33)38(36-28-16-14-26-34(36)37)40(39)42(44,31-21-9-3-10-22-31)32-23-11-4-12-24-32/h1-28,37-40,43-44H/t37?,38?,39-,40-/m0/s1. The third-order valence-corrected chi connectivity index (χ3v) is 10.3.